The lowest BCUT2D eigenvalue weighted by Gasteiger charge is -2.39. The molecule has 0 atom stereocenters. The van der Waals surface area contributed by atoms with Gasteiger partial charge in [-0.25, -0.2) is 9.50 Å². The van der Waals surface area contributed by atoms with Gasteiger partial charge in [0.2, 0.25) is 5.91 Å². The smallest absolute Gasteiger partial charge is 0.232 e. The lowest BCUT2D eigenvalue weighted by molar-refractivity contribution is -0.136. The Morgan fingerprint density at radius 2 is 1.68 bits per heavy atom. The zero-order valence-electron chi connectivity index (χ0n) is 22.8. The van der Waals surface area contributed by atoms with Crippen molar-refractivity contribution in [3.8, 4) is 28.3 Å². The molecule has 9 heteroatoms. The molecule has 0 unspecified atom stereocenters. The molecule has 0 spiro atoms. The van der Waals surface area contributed by atoms with E-state index in [0.717, 1.165) is 39.2 Å². The van der Waals surface area contributed by atoms with Crippen molar-refractivity contribution >= 4 is 17.2 Å². The molecule has 5 aromatic rings. The van der Waals surface area contributed by atoms with Gasteiger partial charge in [0.15, 0.2) is 0 Å². The van der Waals surface area contributed by atoms with Crippen LogP contribution in [0.2, 0.25) is 0 Å². The van der Waals surface area contributed by atoms with Crippen molar-refractivity contribution in [2.45, 2.75) is 19.3 Å². The summed E-state index contributed by atoms with van der Waals surface area (Å²) in [6.07, 6.45) is 9.12. The summed E-state index contributed by atoms with van der Waals surface area (Å²) in [5.41, 5.74) is 5.41. The number of hydrogen-bond donors (Lipinski definition) is 0. The predicted molar refractivity (Wildman–Crippen MR) is 154 cm³/mol. The molecule has 1 amide bonds. The minimum Gasteiger partial charge on any atom is -0.353 e. The van der Waals surface area contributed by atoms with E-state index in [9.17, 15) is 10.1 Å². The standard InChI is InChI=1S/C31H30N8O/c1-31(2,26-7-5-4-6-8-26)30(40)38-13-11-37(12-14-38)28-10-9-22(17-33-28)27-15-23(25-19-34-36(3)20-25)21-39-29(27)24(16-32)18-35-39/h4-10,15,17-21H,11-14H2,1-3H3. The quantitative estimate of drug-likeness (QED) is 0.336. The number of piperazine rings is 1. The molecular weight excluding hydrogens is 500 g/mol. The Bertz CT molecular complexity index is 1720. The average Bonchev–Trinajstić information content (AvgIpc) is 3.63. The lowest BCUT2D eigenvalue weighted by Crippen LogP contribution is -2.53. The first-order chi connectivity index (χ1) is 19.3. The van der Waals surface area contributed by atoms with Gasteiger partial charge in [-0.3, -0.25) is 9.48 Å². The monoisotopic (exact) mass is 530 g/mol. The van der Waals surface area contributed by atoms with Crippen molar-refractivity contribution in [3.05, 3.63) is 90.6 Å². The maximum atomic E-state index is 13.4. The molecule has 6 rings (SSSR count). The normalized spacial score (nSPS) is 13.9. The molecule has 40 heavy (non-hydrogen) atoms. The number of nitrogens with zero attached hydrogens (tertiary/aromatic N) is 8. The fraction of sp³-hybridized carbons (Fsp3) is 0.258. The number of carbonyl (C=O) groups excluding carboxylic acids is 1. The van der Waals surface area contributed by atoms with Gasteiger partial charge in [0.1, 0.15) is 11.9 Å². The van der Waals surface area contributed by atoms with E-state index in [1.807, 2.05) is 93.0 Å². The Morgan fingerprint density at radius 3 is 2.33 bits per heavy atom. The maximum Gasteiger partial charge on any atom is 0.232 e. The number of fused-ring (bicyclic) bond motifs is 1. The SMILES string of the molecule is Cn1cc(-c2cc(-c3ccc(N4CCN(C(=O)C(C)(C)c5ccccc5)CC4)nc3)c3c(C#N)cnn3c2)cn1. The largest absolute Gasteiger partial charge is 0.353 e. The van der Waals surface area contributed by atoms with E-state index < -0.39 is 5.41 Å². The number of nitriles is 1. The minimum atomic E-state index is -0.574. The van der Waals surface area contributed by atoms with Gasteiger partial charge < -0.3 is 9.80 Å². The summed E-state index contributed by atoms with van der Waals surface area (Å²) in [7, 11) is 1.88. The molecule has 200 valence electrons. The van der Waals surface area contributed by atoms with E-state index in [1.54, 1.807) is 15.4 Å². The van der Waals surface area contributed by atoms with Gasteiger partial charge in [-0.2, -0.15) is 15.5 Å². The summed E-state index contributed by atoms with van der Waals surface area (Å²) in [5, 5.41) is 18.4. The molecule has 1 aromatic carbocycles. The molecule has 5 heterocycles. The third-order valence-corrected chi connectivity index (χ3v) is 7.75. The number of benzene rings is 1. The van der Waals surface area contributed by atoms with Crippen LogP contribution in [0, 0.1) is 11.3 Å². The molecular formula is C31H30N8O. The summed E-state index contributed by atoms with van der Waals surface area (Å²) in [4.78, 5) is 22.4. The van der Waals surface area contributed by atoms with Crippen LogP contribution in [0.4, 0.5) is 5.82 Å². The van der Waals surface area contributed by atoms with Crippen LogP contribution in [0.3, 0.4) is 0 Å². The molecule has 0 bridgehead atoms. The van der Waals surface area contributed by atoms with Crippen LogP contribution in [0.1, 0.15) is 25.0 Å². The summed E-state index contributed by atoms with van der Waals surface area (Å²) in [5.74, 6) is 1.01. The molecule has 1 aliphatic heterocycles. The second-order valence-corrected chi connectivity index (χ2v) is 10.7. The van der Waals surface area contributed by atoms with Crippen molar-refractivity contribution in [2.75, 3.05) is 31.1 Å². The van der Waals surface area contributed by atoms with Crippen LogP contribution in [0.5, 0.6) is 0 Å². The van der Waals surface area contributed by atoms with Gasteiger partial charge in [-0.05, 0) is 37.6 Å². The van der Waals surface area contributed by atoms with E-state index in [2.05, 4.69) is 27.2 Å². The molecule has 0 N–H and O–H groups in total. The van der Waals surface area contributed by atoms with Crippen molar-refractivity contribution in [1.82, 2.24) is 29.3 Å². The molecule has 4 aromatic heterocycles. The zero-order chi connectivity index (χ0) is 27.9. The van der Waals surface area contributed by atoms with E-state index in [1.165, 1.54) is 0 Å². The topological polar surface area (TPSA) is 95.3 Å². The average molecular weight is 531 g/mol. The lowest BCUT2D eigenvalue weighted by atomic mass is 9.83. The summed E-state index contributed by atoms with van der Waals surface area (Å²) in [6.45, 7) is 6.71. The van der Waals surface area contributed by atoms with E-state index in [4.69, 9.17) is 4.98 Å². The van der Waals surface area contributed by atoms with Gasteiger partial charge >= 0.3 is 0 Å². The van der Waals surface area contributed by atoms with Crippen LogP contribution in [-0.4, -0.2) is 61.4 Å². The Hall–Kier alpha value is -4.97. The summed E-state index contributed by atoms with van der Waals surface area (Å²) < 4.78 is 3.51. The van der Waals surface area contributed by atoms with Crippen LogP contribution in [0.25, 0.3) is 27.8 Å². The van der Waals surface area contributed by atoms with Gasteiger partial charge in [-0.1, -0.05) is 30.3 Å². The molecule has 0 aliphatic carbocycles. The van der Waals surface area contributed by atoms with Crippen molar-refractivity contribution in [3.63, 3.8) is 0 Å². The van der Waals surface area contributed by atoms with Gasteiger partial charge in [0, 0.05) is 74.1 Å². The number of carbonyl (C=O) groups is 1. The second kappa shape index (κ2) is 9.97. The van der Waals surface area contributed by atoms with E-state index in [0.29, 0.717) is 31.7 Å². The third-order valence-electron chi connectivity index (χ3n) is 7.75. The van der Waals surface area contributed by atoms with E-state index >= 15 is 0 Å². The minimum absolute atomic E-state index is 0.147. The Morgan fingerprint density at radius 1 is 0.900 bits per heavy atom. The Kier molecular flexibility index (Phi) is 6.31. The maximum absolute atomic E-state index is 13.4. The van der Waals surface area contributed by atoms with Crippen LogP contribution in [0.15, 0.2) is 79.5 Å². The predicted octanol–water partition coefficient (Wildman–Crippen LogP) is 4.29. The first-order valence-electron chi connectivity index (χ1n) is 13.3. The highest BCUT2D eigenvalue weighted by Crippen LogP contribution is 2.32. The first kappa shape index (κ1) is 25.3. The van der Waals surface area contributed by atoms with Gasteiger partial charge in [0.05, 0.1) is 28.9 Å². The number of hydrogen-bond acceptors (Lipinski definition) is 6. The van der Waals surface area contributed by atoms with Crippen LogP contribution in [-0.2, 0) is 17.3 Å². The van der Waals surface area contributed by atoms with Crippen molar-refractivity contribution in [2.24, 2.45) is 7.05 Å². The Balaban J connectivity index is 1.22. The molecule has 1 fully saturated rings. The molecule has 0 radical (unpaired) electrons. The number of aromatic nitrogens is 5. The summed E-state index contributed by atoms with van der Waals surface area (Å²) in [6, 6.07) is 18.3. The number of aryl methyl sites for hydroxylation is 1. The third kappa shape index (κ3) is 4.47. The van der Waals surface area contributed by atoms with Crippen molar-refractivity contribution < 1.29 is 4.79 Å². The molecule has 1 aliphatic rings. The molecule has 0 saturated carbocycles. The fourth-order valence-electron chi connectivity index (χ4n) is 5.40. The van der Waals surface area contributed by atoms with Crippen molar-refractivity contribution in [1.29, 1.82) is 5.26 Å². The zero-order valence-corrected chi connectivity index (χ0v) is 22.8. The van der Waals surface area contributed by atoms with Crippen LogP contribution < -0.4 is 4.90 Å². The van der Waals surface area contributed by atoms with E-state index in [-0.39, 0.29) is 5.91 Å². The van der Waals surface area contributed by atoms with Gasteiger partial charge in [0.25, 0.3) is 0 Å². The highest BCUT2D eigenvalue weighted by atomic mass is 16.2. The Labute approximate surface area is 232 Å². The number of pyridine rings is 2. The fourth-order valence-corrected chi connectivity index (χ4v) is 5.40. The molecule has 9 nitrogen and oxygen atoms in total. The van der Waals surface area contributed by atoms with Crippen LogP contribution >= 0.6 is 0 Å². The number of amides is 1. The summed E-state index contributed by atoms with van der Waals surface area (Å²) >= 11 is 0. The number of anilines is 1. The van der Waals surface area contributed by atoms with Gasteiger partial charge in [-0.15, -0.1) is 0 Å². The highest BCUT2D eigenvalue weighted by Gasteiger charge is 2.35. The highest BCUT2D eigenvalue weighted by molar-refractivity contribution is 5.88. The first-order valence-corrected chi connectivity index (χ1v) is 13.3. The number of rotatable bonds is 5. The molecule has 1 saturated heterocycles. The second-order valence-electron chi connectivity index (χ2n) is 10.7.